The standard InChI is InChI=1S/C12H23NO4/c1-4-13(10(2)7-16-3)8-12(11(14)15)5-6-17-9-12/h10H,4-9H2,1-3H3,(H,14,15). The van der Waals surface area contributed by atoms with Crippen LogP contribution in [0.3, 0.4) is 0 Å². The second kappa shape index (κ2) is 6.33. The van der Waals surface area contributed by atoms with E-state index in [2.05, 4.69) is 11.8 Å². The smallest absolute Gasteiger partial charge is 0.313 e. The molecule has 1 saturated heterocycles. The van der Waals surface area contributed by atoms with Crippen molar-refractivity contribution in [2.24, 2.45) is 5.41 Å². The minimum absolute atomic E-state index is 0.224. The van der Waals surface area contributed by atoms with Gasteiger partial charge in [0, 0.05) is 26.3 Å². The summed E-state index contributed by atoms with van der Waals surface area (Å²) in [5.41, 5.74) is -0.738. The highest BCUT2D eigenvalue weighted by molar-refractivity contribution is 5.75. The van der Waals surface area contributed by atoms with Crippen molar-refractivity contribution in [2.45, 2.75) is 26.3 Å². The van der Waals surface area contributed by atoms with Gasteiger partial charge in [-0.25, -0.2) is 0 Å². The maximum absolute atomic E-state index is 11.4. The molecule has 0 aliphatic carbocycles. The third-order valence-electron chi connectivity index (χ3n) is 3.50. The minimum Gasteiger partial charge on any atom is -0.481 e. The molecule has 0 aromatic heterocycles. The van der Waals surface area contributed by atoms with Gasteiger partial charge >= 0.3 is 5.97 Å². The molecule has 17 heavy (non-hydrogen) atoms. The largest absolute Gasteiger partial charge is 0.481 e. The first-order valence-electron chi connectivity index (χ1n) is 6.10. The predicted molar refractivity (Wildman–Crippen MR) is 64.1 cm³/mol. The Morgan fingerprint density at radius 1 is 1.65 bits per heavy atom. The van der Waals surface area contributed by atoms with Gasteiger partial charge < -0.3 is 14.6 Å². The molecule has 0 aromatic rings. The number of hydrogen-bond acceptors (Lipinski definition) is 4. The molecule has 0 aromatic carbocycles. The predicted octanol–water partition coefficient (Wildman–Crippen LogP) is 0.835. The Labute approximate surface area is 103 Å². The van der Waals surface area contributed by atoms with Crippen LogP contribution in [0.2, 0.25) is 0 Å². The van der Waals surface area contributed by atoms with Crippen LogP contribution in [0.5, 0.6) is 0 Å². The zero-order chi connectivity index (χ0) is 12.9. The van der Waals surface area contributed by atoms with E-state index in [1.807, 2.05) is 6.92 Å². The van der Waals surface area contributed by atoms with E-state index in [1.54, 1.807) is 7.11 Å². The molecule has 1 heterocycles. The Morgan fingerprint density at radius 2 is 2.35 bits per heavy atom. The van der Waals surface area contributed by atoms with Crippen molar-refractivity contribution in [1.82, 2.24) is 4.90 Å². The molecule has 1 fully saturated rings. The maximum atomic E-state index is 11.4. The van der Waals surface area contributed by atoms with Crippen LogP contribution in [0.25, 0.3) is 0 Å². The number of carboxylic acids is 1. The zero-order valence-corrected chi connectivity index (χ0v) is 10.9. The molecule has 0 bridgehead atoms. The van der Waals surface area contributed by atoms with Crippen LogP contribution in [-0.4, -0.2) is 62.0 Å². The lowest BCUT2D eigenvalue weighted by molar-refractivity contribution is -0.150. The monoisotopic (exact) mass is 245 g/mol. The van der Waals surface area contributed by atoms with Crippen LogP contribution in [0, 0.1) is 5.41 Å². The fraction of sp³-hybridized carbons (Fsp3) is 0.917. The van der Waals surface area contributed by atoms with Gasteiger partial charge in [0.05, 0.1) is 13.2 Å². The normalized spacial score (nSPS) is 26.4. The van der Waals surface area contributed by atoms with Crippen molar-refractivity contribution in [3.05, 3.63) is 0 Å². The highest BCUT2D eigenvalue weighted by atomic mass is 16.5. The molecule has 1 rings (SSSR count). The number of rotatable bonds is 7. The summed E-state index contributed by atoms with van der Waals surface area (Å²) in [6.45, 7) is 6.92. The first-order valence-corrected chi connectivity index (χ1v) is 6.10. The zero-order valence-electron chi connectivity index (χ0n) is 10.9. The van der Waals surface area contributed by atoms with Crippen LogP contribution in [0.4, 0.5) is 0 Å². The van der Waals surface area contributed by atoms with Crippen LogP contribution in [0.15, 0.2) is 0 Å². The first kappa shape index (κ1) is 14.4. The number of methoxy groups -OCH3 is 1. The first-order chi connectivity index (χ1) is 8.05. The van der Waals surface area contributed by atoms with Crippen LogP contribution < -0.4 is 0 Å². The maximum Gasteiger partial charge on any atom is 0.313 e. The van der Waals surface area contributed by atoms with E-state index in [-0.39, 0.29) is 6.04 Å². The van der Waals surface area contributed by atoms with Crippen molar-refractivity contribution < 1.29 is 19.4 Å². The Hall–Kier alpha value is -0.650. The molecule has 0 amide bonds. The highest BCUT2D eigenvalue weighted by Gasteiger charge is 2.44. The number of likely N-dealkylation sites (N-methyl/N-ethyl adjacent to an activating group) is 1. The highest BCUT2D eigenvalue weighted by Crippen LogP contribution is 2.30. The molecule has 1 N–H and O–H groups in total. The molecule has 0 saturated carbocycles. The number of nitrogens with zero attached hydrogens (tertiary/aromatic N) is 1. The molecular formula is C12H23NO4. The number of aliphatic carboxylic acids is 1. The third-order valence-corrected chi connectivity index (χ3v) is 3.50. The Bertz CT molecular complexity index is 251. The summed E-state index contributed by atoms with van der Waals surface area (Å²) < 4.78 is 10.4. The van der Waals surface area contributed by atoms with Crippen molar-refractivity contribution in [3.8, 4) is 0 Å². The molecule has 5 nitrogen and oxygen atoms in total. The summed E-state index contributed by atoms with van der Waals surface area (Å²) in [6.07, 6.45) is 0.596. The van der Waals surface area contributed by atoms with E-state index in [9.17, 15) is 9.90 Å². The third kappa shape index (κ3) is 3.40. The number of hydrogen-bond donors (Lipinski definition) is 1. The second-order valence-corrected chi connectivity index (χ2v) is 4.76. The Morgan fingerprint density at radius 3 is 2.76 bits per heavy atom. The van der Waals surface area contributed by atoms with E-state index in [1.165, 1.54) is 0 Å². The molecule has 100 valence electrons. The molecule has 1 aliphatic heterocycles. The lowest BCUT2D eigenvalue weighted by Gasteiger charge is -2.34. The Kier molecular flexibility index (Phi) is 5.36. The molecule has 5 heteroatoms. The van der Waals surface area contributed by atoms with Crippen LogP contribution in [-0.2, 0) is 14.3 Å². The van der Waals surface area contributed by atoms with Crippen molar-refractivity contribution in [3.63, 3.8) is 0 Å². The van der Waals surface area contributed by atoms with Gasteiger partial charge in [-0.05, 0) is 19.9 Å². The van der Waals surface area contributed by atoms with Gasteiger partial charge in [0.25, 0.3) is 0 Å². The SMILES string of the molecule is CCN(CC1(C(=O)O)CCOC1)C(C)COC. The van der Waals surface area contributed by atoms with Gasteiger partial charge in [0.15, 0.2) is 0 Å². The molecular weight excluding hydrogens is 222 g/mol. The van der Waals surface area contributed by atoms with Gasteiger partial charge in [0.2, 0.25) is 0 Å². The summed E-state index contributed by atoms with van der Waals surface area (Å²) in [4.78, 5) is 13.6. The fourth-order valence-electron chi connectivity index (χ4n) is 2.28. The summed E-state index contributed by atoms with van der Waals surface area (Å²) in [7, 11) is 1.66. The summed E-state index contributed by atoms with van der Waals surface area (Å²) in [5.74, 6) is -0.752. The van der Waals surface area contributed by atoms with Crippen molar-refractivity contribution in [1.29, 1.82) is 0 Å². The van der Waals surface area contributed by atoms with Crippen LogP contribution in [0.1, 0.15) is 20.3 Å². The molecule has 1 aliphatic rings. The van der Waals surface area contributed by atoms with E-state index in [0.717, 1.165) is 6.54 Å². The lowest BCUT2D eigenvalue weighted by Crippen LogP contribution is -2.48. The summed E-state index contributed by atoms with van der Waals surface area (Å²) in [5, 5.41) is 9.38. The quantitative estimate of drug-likeness (QED) is 0.720. The second-order valence-electron chi connectivity index (χ2n) is 4.76. The minimum atomic E-state index is -0.752. The van der Waals surface area contributed by atoms with E-state index < -0.39 is 11.4 Å². The molecule has 2 unspecified atom stereocenters. The number of carbonyl (C=O) groups is 1. The van der Waals surface area contributed by atoms with E-state index >= 15 is 0 Å². The van der Waals surface area contributed by atoms with Gasteiger partial charge in [0.1, 0.15) is 5.41 Å². The van der Waals surface area contributed by atoms with Gasteiger partial charge in [-0.15, -0.1) is 0 Å². The Balaban J connectivity index is 2.67. The van der Waals surface area contributed by atoms with Gasteiger partial charge in [-0.1, -0.05) is 6.92 Å². The topological polar surface area (TPSA) is 59.0 Å². The molecule has 0 spiro atoms. The lowest BCUT2D eigenvalue weighted by atomic mass is 9.86. The molecule has 2 atom stereocenters. The van der Waals surface area contributed by atoms with E-state index in [4.69, 9.17) is 9.47 Å². The summed E-state index contributed by atoms with van der Waals surface area (Å²) in [6, 6.07) is 0.224. The number of ether oxygens (including phenoxy) is 2. The van der Waals surface area contributed by atoms with Crippen LogP contribution >= 0.6 is 0 Å². The fourth-order valence-corrected chi connectivity index (χ4v) is 2.28. The number of carboxylic acid groups (broad SMARTS) is 1. The summed E-state index contributed by atoms with van der Waals surface area (Å²) >= 11 is 0. The van der Waals surface area contributed by atoms with Gasteiger partial charge in [-0.3, -0.25) is 9.69 Å². The molecule has 0 radical (unpaired) electrons. The van der Waals surface area contributed by atoms with Crippen molar-refractivity contribution in [2.75, 3.05) is 40.0 Å². The van der Waals surface area contributed by atoms with Gasteiger partial charge in [-0.2, -0.15) is 0 Å². The van der Waals surface area contributed by atoms with E-state index in [0.29, 0.717) is 32.8 Å². The average molecular weight is 245 g/mol. The average Bonchev–Trinajstić information content (AvgIpc) is 2.76. The van der Waals surface area contributed by atoms with Crippen molar-refractivity contribution >= 4 is 5.97 Å².